The summed E-state index contributed by atoms with van der Waals surface area (Å²) in [6.07, 6.45) is 2.19. The monoisotopic (exact) mass is 199 g/mol. The van der Waals surface area contributed by atoms with Crippen LogP contribution in [0.2, 0.25) is 5.02 Å². The molecule has 0 aliphatic rings. The van der Waals surface area contributed by atoms with E-state index >= 15 is 0 Å². The van der Waals surface area contributed by atoms with Crippen LogP contribution in [-0.2, 0) is 0 Å². The van der Waals surface area contributed by atoms with E-state index in [0.29, 0.717) is 10.7 Å². The van der Waals surface area contributed by atoms with Crippen LogP contribution in [0.4, 0.5) is 5.69 Å². The van der Waals surface area contributed by atoms with Crippen LogP contribution < -0.4 is 10.5 Å². The molecule has 0 heterocycles. The molecule has 0 bridgehead atoms. The molecule has 72 valence electrons. The Bertz CT molecular complexity index is 276. The Morgan fingerprint density at radius 1 is 1.46 bits per heavy atom. The van der Waals surface area contributed by atoms with Crippen LogP contribution in [0.3, 0.4) is 0 Å². The number of hydrogen-bond donors (Lipinski definition) is 1. The molecular formula is C10H14ClNO. The lowest BCUT2D eigenvalue weighted by molar-refractivity contribution is 0.309. The van der Waals surface area contributed by atoms with Gasteiger partial charge in [0.1, 0.15) is 5.75 Å². The van der Waals surface area contributed by atoms with E-state index in [0.717, 1.165) is 25.2 Å². The van der Waals surface area contributed by atoms with E-state index in [1.807, 2.05) is 6.07 Å². The second kappa shape index (κ2) is 4.97. The maximum Gasteiger partial charge on any atom is 0.120 e. The van der Waals surface area contributed by atoms with Crippen molar-refractivity contribution in [2.45, 2.75) is 19.8 Å². The molecule has 0 fully saturated rings. The summed E-state index contributed by atoms with van der Waals surface area (Å²) in [5.41, 5.74) is 6.14. The first-order valence-electron chi connectivity index (χ1n) is 4.42. The average molecular weight is 200 g/mol. The van der Waals surface area contributed by atoms with Crippen LogP contribution in [0.25, 0.3) is 0 Å². The van der Waals surface area contributed by atoms with E-state index < -0.39 is 0 Å². The van der Waals surface area contributed by atoms with Crippen molar-refractivity contribution >= 4 is 17.3 Å². The molecular weight excluding hydrogens is 186 g/mol. The second-order valence-electron chi connectivity index (χ2n) is 2.89. The fraction of sp³-hybridized carbons (Fsp3) is 0.400. The van der Waals surface area contributed by atoms with Gasteiger partial charge in [-0.3, -0.25) is 0 Å². The number of ether oxygens (including phenoxy) is 1. The second-order valence-corrected chi connectivity index (χ2v) is 3.29. The van der Waals surface area contributed by atoms with Crippen molar-refractivity contribution in [3.63, 3.8) is 0 Å². The highest BCUT2D eigenvalue weighted by atomic mass is 35.5. The minimum atomic E-state index is 0.550. The summed E-state index contributed by atoms with van der Waals surface area (Å²) in [6, 6.07) is 5.33. The van der Waals surface area contributed by atoms with E-state index in [-0.39, 0.29) is 0 Å². The SMILES string of the molecule is CCCCOc1ccc(N)c(Cl)c1. The number of anilines is 1. The number of halogens is 1. The Labute approximate surface area is 83.6 Å². The standard InChI is InChI=1S/C10H14ClNO/c1-2-3-6-13-8-4-5-10(12)9(11)7-8/h4-5,7H,2-3,6,12H2,1H3. The zero-order valence-corrected chi connectivity index (χ0v) is 8.47. The van der Waals surface area contributed by atoms with Gasteiger partial charge in [0.2, 0.25) is 0 Å². The molecule has 0 aromatic heterocycles. The zero-order valence-electron chi connectivity index (χ0n) is 7.72. The summed E-state index contributed by atoms with van der Waals surface area (Å²) in [5.74, 6) is 0.785. The molecule has 0 saturated carbocycles. The number of rotatable bonds is 4. The molecule has 13 heavy (non-hydrogen) atoms. The summed E-state index contributed by atoms with van der Waals surface area (Å²) in [5, 5.41) is 0.550. The van der Waals surface area contributed by atoms with E-state index in [9.17, 15) is 0 Å². The molecule has 0 spiro atoms. The highest BCUT2D eigenvalue weighted by Crippen LogP contribution is 2.24. The van der Waals surface area contributed by atoms with Gasteiger partial charge < -0.3 is 10.5 Å². The lowest BCUT2D eigenvalue weighted by Gasteiger charge is -2.06. The molecule has 0 aliphatic heterocycles. The number of nitrogen functional groups attached to an aromatic ring is 1. The van der Waals surface area contributed by atoms with Gasteiger partial charge in [-0.1, -0.05) is 24.9 Å². The molecule has 1 aromatic rings. The molecule has 0 saturated heterocycles. The van der Waals surface area contributed by atoms with Crippen molar-refractivity contribution in [1.29, 1.82) is 0 Å². The topological polar surface area (TPSA) is 35.2 Å². The first-order chi connectivity index (χ1) is 6.24. The molecule has 2 nitrogen and oxygen atoms in total. The Morgan fingerprint density at radius 2 is 2.23 bits per heavy atom. The van der Waals surface area contributed by atoms with Gasteiger partial charge in [0.25, 0.3) is 0 Å². The summed E-state index contributed by atoms with van der Waals surface area (Å²) >= 11 is 5.82. The molecule has 0 atom stereocenters. The summed E-state index contributed by atoms with van der Waals surface area (Å²) in [6.45, 7) is 2.86. The maximum absolute atomic E-state index is 5.82. The van der Waals surface area contributed by atoms with Gasteiger partial charge in [0.15, 0.2) is 0 Å². The van der Waals surface area contributed by atoms with Crippen LogP contribution in [0.1, 0.15) is 19.8 Å². The molecule has 3 heteroatoms. The molecule has 0 unspecified atom stereocenters. The fourth-order valence-corrected chi connectivity index (χ4v) is 1.10. The van der Waals surface area contributed by atoms with Crippen molar-refractivity contribution in [1.82, 2.24) is 0 Å². The van der Waals surface area contributed by atoms with Gasteiger partial charge in [-0.25, -0.2) is 0 Å². The van der Waals surface area contributed by atoms with Gasteiger partial charge in [-0.15, -0.1) is 0 Å². The average Bonchev–Trinajstić information content (AvgIpc) is 2.12. The number of hydrogen-bond acceptors (Lipinski definition) is 2. The van der Waals surface area contributed by atoms with Gasteiger partial charge in [-0.2, -0.15) is 0 Å². The first kappa shape index (κ1) is 10.2. The zero-order chi connectivity index (χ0) is 9.68. The van der Waals surface area contributed by atoms with Crippen LogP contribution in [0.15, 0.2) is 18.2 Å². The predicted molar refractivity (Wildman–Crippen MR) is 56.3 cm³/mol. The highest BCUT2D eigenvalue weighted by molar-refractivity contribution is 6.33. The number of benzene rings is 1. The minimum Gasteiger partial charge on any atom is -0.494 e. The highest BCUT2D eigenvalue weighted by Gasteiger charge is 1.98. The first-order valence-corrected chi connectivity index (χ1v) is 4.79. The van der Waals surface area contributed by atoms with Crippen molar-refractivity contribution in [2.75, 3.05) is 12.3 Å². The maximum atomic E-state index is 5.82. The van der Waals surface area contributed by atoms with E-state index in [2.05, 4.69) is 6.92 Å². The Balaban J connectivity index is 2.53. The fourth-order valence-electron chi connectivity index (χ4n) is 0.932. The smallest absolute Gasteiger partial charge is 0.120 e. The molecule has 1 aromatic carbocycles. The molecule has 0 amide bonds. The summed E-state index contributed by atoms with van der Waals surface area (Å²) < 4.78 is 5.44. The molecule has 1 rings (SSSR count). The van der Waals surface area contributed by atoms with Crippen molar-refractivity contribution in [3.05, 3.63) is 23.2 Å². The minimum absolute atomic E-state index is 0.550. The molecule has 0 aliphatic carbocycles. The lowest BCUT2D eigenvalue weighted by atomic mass is 10.3. The van der Waals surface area contributed by atoms with Gasteiger partial charge in [-0.05, 0) is 18.6 Å². The molecule has 2 N–H and O–H groups in total. The molecule has 0 radical (unpaired) electrons. The quantitative estimate of drug-likeness (QED) is 0.598. The van der Waals surface area contributed by atoms with Crippen molar-refractivity contribution < 1.29 is 4.74 Å². The van der Waals surface area contributed by atoms with Crippen LogP contribution in [-0.4, -0.2) is 6.61 Å². The summed E-state index contributed by atoms with van der Waals surface area (Å²) in [7, 11) is 0. The third-order valence-electron chi connectivity index (χ3n) is 1.74. The third kappa shape index (κ3) is 3.15. The van der Waals surface area contributed by atoms with Crippen LogP contribution >= 0.6 is 11.6 Å². The van der Waals surface area contributed by atoms with E-state index in [1.165, 1.54) is 0 Å². The van der Waals surface area contributed by atoms with Crippen molar-refractivity contribution in [2.24, 2.45) is 0 Å². The largest absolute Gasteiger partial charge is 0.494 e. The normalized spacial score (nSPS) is 10.0. The van der Waals surface area contributed by atoms with Crippen LogP contribution in [0.5, 0.6) is 5.75 Å². The van der Waals surface area contributed by atoms with Gasteiger partial charge in [0, 0.05) is 6.07 Å². The third-order valence-corrected chi connectivity index (χ3v) is 2.07. The van der Waals surface area contributed by atoms with E-state index in [1.54, 1.807) is 12.1 Å². The summed E-state index contributed by atoms with van der Waals surface area (Å²) in [4.78, 5) is 0. The van der Waals surface area contributed by atoms with Gasteiger partial charge in [0.05, 0.1) is 17.3 Å². The van der Waals surface area contributed by atoms with Gasteiger partial charge >= 0.3 is 0 Å². The van der Waals surface area contributed by atoms with Crippen LogP contribution in [0, 0.1) is 0 Å². The van der Waals surface area contributed by atoms with Crippen molar-refractivity contribution in [3.8, 4) is 5.75 Å². The number of unbranched alkanes of at least 4 members (excludes halogenated alkanes) is 1. The van der Waals surface area contributed by atoms with E-state index in [4.69, 9.17) is 22.1 Å². The Morgan fingerprint density at radius 3 is 2.85 bits per heavy atom. The lowest BCUT2D eigenvalue weighted by Crippen LogP contribution is -1.96. The Hall–Kier alpha value is -0.890. The Kier molecular flexibility index (Phi) is 3.90. The predicted octanol–water partition coefficient (Wildman–Crippen LogP) is 3.10. The number of nitrogens with two attached hydrogens (primary N) is 1.